The highest BCUT2D eigenvalue weighted by Gasteiger charge is 2.22. The number of anilines is 3. The standard InChI is InChI=1S/C44H31NO/c1-2-12-32(13-3-1)38-21-10-22-39-40-23-11-25-42(44(40)46-43(38)39)45(41-24-9-17-31-15-5-7-19-37(31)41)34-28-26-33(27-29-34)36-20-8-16-30-14-4-6-18-35(30)36/h1-7,9-19,21-29H,8,20H2. The second kappa shape index (κ2) is 10.9. The maximum Gasteiger partial charge on any atom is 0.159 e. The molecule has 0 fully saturated rings. The second-order valence-electron chi connectivity index (χ2n) is 12.0. The molecule has 0 saturated carbocycles. The van der Waals surface area contributed by atoms with E-state index in [0.29, 0.717) is 0 Å². The Bertz CT molecular complexity index is 2520. The number of para-hydroxylation sites is 2. The van der Waals surface area contributed by atoms with E-state index in [1.54, 1.807) is 0 Å². The van der Waals surface area contributed by atoms with Crippen LogP contribution in [0.1, 0.15) is 18.4 Å². The molecule has 0 amide bonds. The van der Waals surface area contributed by atoms with Gasteiger partial charge in [-0.1, -0.05) is 140 Å². The van der Waals surface area contributed by atoms with E-state index in [9.17, 15) is 0 Å². The Labute approximate surface area is 267 Å². The van der Waals surface area contributed by atoms with Crippen molar-refractivity contribution in [3.63, 3.8) is 0 Å². The topological polar surface area (TPSA) is 16.4 Å². The fourth-order valence-corrected chi connectivity index (χ4v) is 7.21. The number of nitrogens with zero attached hydrogens (tertiary/aromatic N) is 1. The summed E-state index contributed by atoms with van der Waals surface area (Å²) < 4.78 is 6.91. The van der Waals surface area contributed by atoms with Crippen molar-refractivity contribution in [1.29, 1.82) is 0 Å². The highest BCUT2D eigenvalue weighted by molar-refractivity contribution is 6.14. The molecule has 8 aromatic rings. The number of furan rings is 1. The minimum atomic E-state index is 0.879. The molecule has 0 radical (unpaired) electrons. The summed E-state index contributed by atoms with van der Waals surface area (Å²) in [7, 11) is 0. The molecule has 1 aliphatic carbocycles. The molecule has 0 unspecified atom stereocenters. The summed E-state index contributed by atoms with van der Waals surface area (Å²) in [4.78, 5) is 2.37. The van der Waals surface area contributed by atoms with E-state index < -0.39 is 0 Å². The van der Waals surface area contributed by atoms with Crippen LogP contribution in [0.15, 0.2) is 162 Å². The van der Waals surface area contributed by atoms with E-state index in [-0.39, 0.29) is 0 Å². The lowest BCUT2D eigenvalue weighted by Crippen LogP contribution is -2.29. The van der Waals surface area contributed by atoms with Crippen molar-refractivity contribution < 1.29 is 4.42 Å². The molecule has 9 rings (SSSR count). The maximum absolute atomic E-state index is 6.91. The summed E-state index contributed by atoms with van der Waals surface area (Å²) in [5, 5.41) is 7.30. The Morgan fingerprint density at radius 3 is 2.04 bits per heavy atom. The van der Waals surface area contributed by atoms with Gasteiger partial charge in [-0.3, -0.25) is 0 Å². The fourth-order valence-electron chi connectivity index (χ4n) is 7.21. The molecule has 0 N–H and O–H groups in total. The zero-order valence-corrected chi connectivity index (χ0v) is 25.4. The molecule has 7 aromatic carbocycles. The van der Waals surface area contributed by atoms with Crippen LogP contribution in [0.25, 0.3) is 55.5 Å². The minimum absolute atomic E-state index is 0.879. The van der Waals surface area contributed by atoms with E-state index >= 15 is 0 Å². The van der Waals surface area contributed by atoms with Crippen molar-refractivity contribution in [2.45, 2.75) is 12.8 Å². The van der Waals surface area contributed by atoms with Crippen LogP contribution in [0.2, 0.25) is 0 Å². The van der Waals surface area contributed by atoms with Gasteiger partial charge in [-0.25, -0.2) is 0 Å². The van der Waals surface area contributed by atoms with Crippen LogP contribution in [0.5, 0.6) is 0 Å². The number of hydrogen-bond acceptors (Lipinski definition) is 2. The highest BCUT2D eigenvalue weighted by Crippen LogP contribution is 2.45. The van der Waals surface area contributed by atoms with E-state index in [1.807, 2.05) is 0 Å². The predicted octanol–water partition coefficient (Wildman–Crippen LogP) is 10.6. The zero-order valence-electron chi connectivity index (χ0n) is 25.4. The predicted molar refractivity (Wildman–Crippen MR) is 193 cm³/mol. The van der Waals surface area contributed by atoms with Crippen LogP contribution in [-0.4, -0.2) is 0 Å². The first-order valence-corrected chi connectivity index (χ1v) is 16.0. The zero-order chi connectivity index (χ0) is 30.5. The third-order valence-electron chi connectivity index (χ3n) is 9.36. The fraction of sp³-hybridized carbons (Fsp3) is 0.0455. The lowest BCUT2D eigenvalue weighted by molar-refractivity contribution is 0.670. The van der Waals surface area contributed by atoms with Crippen LogP contribution in [0.3, 0.4) is 0 Å². The van der Waals surface area contributed by atoms with Gasteiger partial charge in [0.05, 0.1) is 11.4 Å². The van der Waals surface area contributed by atoms with Crippen LogP contribution in [0.4, 0.5) is 17.1 Å². The first-order valence-electron chi connectivity index (χ1n) is 16.0. The molecular formula is C44H31NO. The molecule has 2 nitrogen and oxygen atoms in total. The second-order valence-corrected chi connectivity index (χ2v) is 12.0. The molecule has 1 heterocycles. The largest absolute Gasteiger partial charge is 0.453 e. The molecule has 1 aliphatic rings. The SMILES string of the molecule is C1=c2ccccc2=C(c2ccc(N(c3cccc4ccccc34)c3cccc4c3oc3c(-c5ccccc5)cccc34)cc2)CC1. The van der Waals surface area contributed by atoms with Gasteiger partial charge in [-0.05, 0) is 69.6 Å². The molecule has 218 valence electrons. The van der Waals surface area contributed by atoms with E-state index in [1.165, 1.54) is 32.3 Å². The Hall–Kier alpha value is -5.86. The van der Waals surface area contributed by atoms with Gasteiger partial charge in [0.2, 0.25) is 0 Å². The van der Waals surface area contributed by atoms with Gasteiger partial charge in [-0.15, -0.1) is 0 Å². The molecule has 46 heavy (non-hydrogen) atoms. The van der Waals surface area contributed by atoms with Crippen LogP contribution >= 0.6 is 0 Å². The molecule has 2 heteroatoms. The lowest BCUT2D eigenvalue weighted by atomic mass is 9.93. The van der Waals surface area contributed by atoms with Crippen LogP contribution < -0.4 is 15.3 Å². The van der Waals surface area contributed by atoms with Crippen LogP contribution in [0, 0.1) is 0 Å². The van der Waals surface area contributed by atoms with Gasteiger partial charge in [0.1, 0.15) is 5.58 Å². The van der Waals surface area contributed by atoms with Gasteiger partial charge in [0.15, 0.2) is 5.58 Å². The Kier molecular flexibility index (Phi) is 6.31. The maximum atomic E-state index is 6.91. The highest BCUT2D eigenvalue weighted by atomic mass is 16.3. The van der Waals surface area contributed by atoms with Gasteiger partial charge in [0, 0.05) is 27.4 Å². The van der Waals surface area contributed by atoms with E-state index in [2.05, 4.69) is 169 Å². The average molecular weight is 590 g/mol. The lowest BCUT2D eigenvalue weighted by Gasteiger charge is -2.27. The molecule has 0 aliphatic heterocycles. The van der Waals surface area contributed by atoms with Gasteiger partial charge >= 0.3 is 0 Å². The van der Waals surface area contributed by atoms with Crippen molar-refractivity contribution in [3.8, 4) is 11.1 Å². The third kappa shape index (κ3) is 4.34. The third-order valence-corrected chi connectivity index (χ3v) is 9.36. The van der Waals surface area contributed by atoms with E-state index in [0.717, 1.165) is 63.0 Å². The summed E-state index contributed by atoms with van der Waals surface area (Å²) in [6.07, 6.45) is 4.47. The van der Waals surface area contributed by atoms with Crippen molar-refractivity contribution >= 4 is 61.4 Å². The van der Waals surface area contributed by atoms with E-state index in [4.69, 9.17) is 4.42 Å². The first-order chi connectivity index (χ1) is 22.8. The summed E-state index contributed by atoms with van der Waals surface area (Å²) in [5.74, 6) is 0. The van der Waals surface area contributed by atoms with Crippen molar-refractivity contribution in [1.82, 2.24) is 0 Å². The quantitative estimate of drug-likeness (QED) is 0.199. The van der Waals surface area contributed by atoms with Crippen molar-refractivity contribution in [2.75, 3.05) is 4.90 Å². The smallest absolute Gasteiger partial charge is 0.159 e. The summed E-state index contributed by atoms with van der Waals surface area (Å²) >= 11 is 0. The van der Waals surface area contributed by atoms with Gasteiger partial charge < -0.3 is 9.32 Å². The normalized spacial score (nSPS) is 12.7. The summed E-state index contributed by atoms with van der Waals surface area (Å²) in [6.45, 7) is 0. The summed E-state index contributed by atoms with van der Waals surface area (Å²) in [6, 6.07) is 56.5. The monoisotopic (exact) mass is 589 g/mol. The molecule has 0 saturated heterocycles. The van der Waals surface area contributed by atoms with Gasteiger partial charge in [0.25, 0.3) is 0 Å². The number of hydrogen-bond donors (Lipinski definition) is 0. The summed E-state index contributed by atoms with van der Waals surface area (Å²) in [5.41, 5.74) is 9.95. The average Bonchev–Trinajstić information content (AvgIpc) is 3.52. The first kappa shape index (κ1) is 26.5. The molecule has 0 atom stereocenters. The van der Waals surface area contributed by atoms with Crippen LogP contribution in [-0.2, 0) is 0 Å². The van der Waals surface area contributed by atoms with Crippen molar-refractivity contribution in [3.05, 3.63) is 174 Å². The number of fused-ring (bicyclic) bond motifs is 5. The minimum Gasteiger partial charge on any atom is -0.453 e. The molecular weight excluding hydrogens is 558 g/mol. The Morgan fingerprint density at radius 2 is 1.15 bits per heavy atom. The van der Waals surface area contributed by atoms with Crippen molar-refractivity contribution in [2.24, 2.45) is 0 Å². The number of benzene rings is 7. The molecule has 1 aromatic heterocycles. The Morgan fingerprint density at radius 1 is 0.478 bits per heavy atom. The Balaban J connectivity index is 1.28. The molecule has 0 bridgehead atoms. The molecule has 0 spiro atoms. The number of rotatable bonds is 5. The van der Waals surface area contributed by atoms with Gasteiger partial charge in [-0.2, -0.15) is 0 Å².